The highest BCUT2D eigenvalue weighted by atomic mass is 32.2. The van der Waals surface area contributed by atoms with Crippen molar-refractivity contribution in [2.75, 3.05) is 18.9 Å². The monoisotopic (exact) mass is 337 g/mol. The maximum atomic E-state index is 11.7. The summed E-state index contributed by atoms with van der Waals surface area (Å²) in [5.74, 6) is -0.839. The van der Waals surface area contributed by atoms with Crippen molar-refractivity contribution in [2.24, 2.45) is 0 Å². The molecule has 2 rings (SSSR count). The van der Waals surface area contributed by atoms with E-state index >= 15 is 0 Å². The molecule has 0 bridgehead atoms. The van der Waals surface area contributed by atoms with Crippen LogP contribution in [0.5, 0.6) is 0 Å². The third kappa shape index (κ3) is 4.41. The average Bonchev–Trinajstić information content (AvgIpc) is 3.07. The normalized spacial score (nSPS) is 11.0. The van der Waals surface area contributed by atoms with Crippen molar-refractivity contribution in [1.29, 1.82) is 0 Å². The Kier molecular flexibility index (Phi) is 5.14. The van der Waals surface area contributed by atoms with Gasteiger partial charge >= 0.3 is 0 Å². The van der Waals surface area contributed by atoms with Crippen LogP contribution in [-0.2, 0) is 14.8 Å². The number of carbonyl (C=O) groups excluding carboxylic acids is 2. The molecule has 8 nitrogen and oxygen atoms in total. The van der Waals surface area contributed by atoms with Gasteiger partial charge in [-0.2, -0.15) is 0 Å². The third-order valence-corrected chi connectivity index (χ3v) is 4.30. The van der Waals surface area contributed by atoms with Gasteiger partial charge in [-0.15, -0.1) is 0 Å². The van der Waals surface area contributed by atoms with Crippen LogP contribution in [0.3, 0.4) is 0 Å². The minimum absolute atomic E-state index is 0.0871. The number of anilines is 1. The average molecular weight is 337 g/mol. The number of benzene rings is 1. The van der Waals surface area contributed by atoms with Gasteiger partial charge in [0, 0.05) is 5.69 Å². The summed E-state index contributed by atoms with van der Waals surface area (Å²) in [5, 5.41) is 4.94. The molecule has 0 saturated heterocycles. The predicted octanol–water partition coefficient (Wildman–Crippen LogP) is 0.556. The number of hydrogen-bond acceptors (Lipinski definition) is 5. The molecule has 0 unspecified atom stereocenters. The van der Waals surface area contributed by atoms with Crippen LogP contribution in [0, 0.1) is 0 Å². The lowest BCUT2D eigenvalue weighted by molar-refractivity contribution is -0.115. The van der Waals surface area contributed by atoms with Gasteiger partial charge in [-0.1, -0.05) is 0 Å². The lowest BCUT2D eigenvalue weighted by atomic mass is 10.3. The van der Waals surface area contributed by atoms with E-state index < -0.39 is 21.8 Å². The van der Waals surface area contributed by atoms with Crippen molar-refractivity contribution < 1.29 is 22.4 Å². The molecule has 0 saturated carbocycles. The Labute approximate surface area is 132 Å². The molecule has 1 aromatic heterocycles. The first kappa shape index (κ1) is 16.7. The molecule has 1 aromatic carbocycles. The second-order valence-corrected chi connectivity index (χ2v) is 6.33. The first-order valence-electron chi connectivity index (χ1n) is 6.57. The van der Waals surface area contributed by atoms with Crippen LogP contribution in [0.4, 0.5) is 5.69 Å². The van der Waals surface area contributed by atoms with Crippen LogP contribution < -0.4 is 15.4 Å². The van der Waals surface area contributed by atoms with Crippen LogP contribution in [0.1, 0.15) is 10.6 Å². The van der Waals surface area contributed by atoms with Gasteiger partial charge in [0.1, 0.15) is 0 Å². The third-order valence-electron chi connectivity index (χ3n) is 2.87. The van der Waals surface area contributed by atoms with E-state index in [9.17, 15) is 18.0 Å². The highest BCUT2D eigenvalue weighted by Crippen LogP contribution is 2.13. The van der Waals surface area contributed by atoms with E-state index in [-0.39, 0.29) is 17.2 Å². The summed E-state index contributed by atoms with van der Waals surface area (Å²) in [6, 6.07) is 8.68. The fraction of sp³-hybridized carbons (Fsp3) is 0.143. The fourth-order valence-corrected chi connectivity index (χ4v) is 2.43. The Balaban J connectivity index is 1.89. The Morgan fingerprint density at radius 2 is 1.83 bits per heavy atom. The van der Waals surface area contributed by atoms with Crippen molar-refractivity contribution in [1.82, 2.24) is 10.0 Å². The first-order chi connectivity index (χ1) is 10.9. The number of amides is 2. The number of sulfonamides is 1. The van der Waals surface area contributed by atoms with E-state index in [1.807, 2.05) is 0 Å². The molecular formula is C14H15N3O5S. The van der Waals surface area contributed by atoms with Crippen LogP contribution in [0.2, 0.25) is 0 Å². The van der Waals surface area contributed by atoms with Crippen molar-refractivity contribution in [3.8, 4) is 0 Å². The molecule has 0 fully saturated rings. The van der Waals surface area contributed by atoms with E-state index in [1.165, 1.54) is 43.6 Å². The second kappa shape index (κ2) is 7.07. The van der Waals surface area contributed by atoms with E-state index in [2.05, 4.69) is 15.4 Å². The van der Waals surface area contributed by atoms with Gasteiger partial charge in [-0.25, -0.2) is 13.1 Å². The molecule has 2 aromatic rings. The summed E-state index contributed by atoms with van der Waals surface area (Å²) in [5.41, 5.74) is 0.414. The quantitative estimate of drug-likeness (QED) is 0.712. The highest BCUT2D eigenvalue weighted by Gasteiger charge is 2.12. The largest absolute Gasteiger partial charge is 0.459 e. The van der Waals surface area contributed by atoms with Gasteiger partial charge in [0.05, 0.1) is 17.7 Å². The topological polar surface area (TPSA) is 118 Å². The zero-order chi connectivity index (χ0) is 16.9. The molecule has 23 heavy (non-hydrogen) atoms. The molecule has 0 spiro atoms. The van der Waals surface area contributed by atoms with E-state index in [0.717, 1.165) is 0 Å². The first-order valence-corrected chi connectivity index (χ1v) is 8.06. The van der Waals surface area contributed by atoms with Gasteiger partial charge in [0.25, 0.3) is 5.91 Å². The molecule has 9 heteroatoms. The molecule has 1 heterocycles. The maximum absolute atomic E-state index is 11.7. The van der Waals surface area contributed by atoms with E-state index in [1.54, 1.807) is 6.07 Å². The van der Waals surface area contributed by atoms with Crippen LogP contribution in [-0.4, -0.2) is 33.8 Å². The zero-order valence-corrected chi connectivity index (χ0v) is 13.0. The van der Waals surface area contributed by atoms with Crippen LogP contribution in [0.25, 0.3) is 0 Å². The minimum atomic E-state index is -3.52. The van der Waals surface area contributed by atoms with Gasteiger partial charge in [0.15, 0.2) is 5.76 Å². The molecule has 122 valence electrons. The molecule has 0 radical (unpaired) electrons. The van der Waals surface area contributed by atoms with Gasteiger partial charge in [-0.3, -0.25) is 9.59 Å². The van der Waals surface area contributed by atoms with Crippen molar-refractivity contribution in [3.05, 3.63) is 48.4 Å². The molecule has 0 atom stereocenters. The summed E-state index contributed by atoms with van der Waals surface area (Å²) >= 11 is 0. The zero-order valence-electron chi connectivity index (χ0n) is 12.2. The summed E-state index contributed by atoms with van der Waals surface area (Å²) in [6.07, 6.45) is 1.36. The van der Waals surface area contributed by atoms with Gasteiger partial charge < -0.3 is 15.1 Å². The van der Waals surface area contributed by atoms with Gasteiger partial charge in [-0.05, 0) is 43.4 Å². The van der Waals surface area contributed by atoms with Gasteiger partial charge in [0.2, 0.25) is 15.9 Å². The molecule has 0 aliphatic carbocycles. The Morgan fingerprint density at radius 3 is 2.39 bits per heavy atom. The number of carbonyl (C=O) groups is 2. The summed E-state index contributed by atoms with van der Waals surface area (Å²) in [4.78, 5) is 23.4. The maximum Gasteiger partial charge on any atom is 0.287 e. The molecular weight excluding hydrogens is 322 g/mol. The summed E-state index contributed by atoms with van der Waals surface area (Å²) in [6.45, 7) is -0.240. The highest BCUT2D eigenvalue weighted by molar-refractivity contribution is 7.89. The second-order valence-electron chi connectivity index (χ2n) is 4.44. The lowest BCUT2D eigenvalue weighted by Gasteiger charge is -2.07. The number of rotatable bonds is 6. The smallest absolute Gasteiger partial charge is 0.287 e. The van der Waals surface area contributed by atoms with E-state index in [0.29, 0.717) is 5.69 Å². The predicted molar refractivity (Wildman–Crippen MR) is 82.4 cm³/mol. The van der Waals surface area contributed by atoms with Crippen molar-refractivity contribution in [3.63, 3.8) is 0 Å². The summed E-state index contributed by atoms with van der Waals surface area (Å²) < 4.78 is 30.2. The van der Waals surface area contributed by atoms with Crippen molar-refractivity contribution >= 4 is 27.5 Å². The van der Waals surface area contributed by atoms with Crippen molar-refractivity contribution in [2.45, 2.75) is 4.90 Å². The summed E-state index contributed by atoms with van der Waals surface area (Å²) in [7, 11) is -2.21. The molecule has 0 aliphatic rings. The van der Waals surface area contributed by atoms with Crippen LogP contribution in [0.15, 0.2) is 52.0 Å². The Morgan fingerprint density at radius 1 is 1.13 bits per heavy atom. The molecule has 0 aliphatic heterocycles. The Hall–Kier alpha value is -2.65. The lowest BCUT2D eigenvalue weighted by Crippen LogP contribution is -2.32. The fourth-order valence-electron chi connectivity index (χ4n) is 1.70. The number of nitrogens with one attached hydrogen (secondary N) is 3. The number of furan rings is 1. The standard InChI is InChI=1S/C14H15N3O5S/c1-15-23(20,21)11-6-4-10(5-7-11)17-13(18)9-16-14(19)12-3-2-8-22-12/h2-8,15H,9H2,1H3,(H,16,19)(H,17,18). The SMILES string of the molecule is CNS(=O)(=O)c1ccc(NC(=O)CNC(=O)c2ccco2)cc1. The number of hydrogen-bond donors (Lipinski definition) is 3. The Bertz CT molecular complexity index is 782. The molecule has 2 amide bonds. The van der Waals surface area contributed by atoms with E-state index in [4.69, 9.17) is 4.42 Å². The minimum Gasteiger partial charge on any atom is -0.459 e. The molecule has 3 N–H and O–H groups in total. The van der Waals surface area contributed by atoms with Crippen LogP contribution >= 0.6 is 0 Å².